The number of thiophene rings is 1. The summed E-state index contributed by atoms with van der Waals surface area (Å²) in [7, 11) is 1.74. The molecule has 138 valence electrons. The molecule has 1 N–H and O–H groups in total. The normalized spacial score (nSPS) is 11.6. The number of hydrogen-bond acceptors (Lipinski definition) is 4. The smallest absolute Gasteiger partial charge is 0.262 e. The number of carbonyl (C=O) groups excluding carboxylic acids is 2. The predicted molar refractivity (Wildman–Crippen MR) is 106 cm³/mol. The first-order chi connectivity index (χ1) is 13.1. The third-order valence-corrected chi connectivity index (χ3v) is 5.02. The molecule has 0 aliphatic heterocycles. The maximum Gasteiger partial charge on any atom is 0.262 e. The zero-order chi connectivity index (χ0) is 19.1. The summed E-state index contributed by atoms with van der Waals surface area (Å²) in [4.78, 5) is 31.9. The molecule has 0 bridgehead atoms. The van der Waals surface area contributed by atoms with Crippen molar-refractivity contribution in [1.82, 2.24) is 15.2 Å². The average molecular weight is 379 g/mol. The van der Waals surface area contributed by atoms with Crippen LogP contribution >= 0.6 is 11.3 Å². The van der Waals surface area contributed by atoms with Crippen molar-refractivity contribution in [2.24, 2.45) is 0 Å². The Bertz CT molecular complexity index is 867. The number of amides is 2. The van der Waals surface area contributed by atoms with Crippen molar-refractivity contribution in [1.29, 1.82) is 0 Å². The van der Waals surface area contributed by atoms with E-state index in [1.54, 1.807) is 30.4 Å². The van der Waals surface area contributed by atoms with E-state index in [0.29, 0.717) is 17.8 Å². The SMILES string of the molecule is CN(Cc1cccnc1)C(=O)C(Cc1ccccc1)NC(=O)c1cccs1. The van der Waals surface area contributed by atoms with Gasteiger partial charge in [0.15, 0.2) is 0 Å². The van der Waals surface area contributed by atoms with Crippen molar-refractivity contribution in [3.05, 3.63) is 88.4 Å². The van der Waals surface area contributed by atoms with Crippen LogP contribution in [0.2, 0.25) is 0 Å². The highest BCUT2D eigenvalue weighted by Crippen LogP contribution is 2.12. The fraction of sp³-hybridized carbons (Fsp3) is 0.190. The molecule has 1 atom stereocenters. The molecule has 2 amide bonds. The molecule has 0 radical (unpaired) electrons. The number of nitrogens with zero attached hydrogens (tertiary/aromatic N) is 2. The molecule has 3 rings (SSSR count). The number of rotatable bonds is 7. The molecule has 0 saturated carbocycles. The lowest BCUT2D eigenvalue weighted by Gasteiger charge is -2.24. The van der Waals surface area contributed by atoms with Crippen LogP contribution in [-0.2, 0) is 17.8 Å². The third-order valence-electron chi connectivity index (χ3n) is 4.15. The fourth-order valence-corrected chi connectivity index (χ4v) is 3.42. The minimum atomic E-state index is -0.635. The van der Waals surface area contributed by atoms with Gasteiger partial charge in [0.05, 0.1) is 4.88 Å². The van der Waals surface area contributed by atoms with Gasteiger partial charge < -0.3 is 10.2 Å². The number of hydrogen-bond donors (Lipinski definition) is 1. The topological polar surface area (TPSA) is 62.3 Å². The first-order valence-corrected chi connectivity index (χ1v) is 9.53. The first kappa shape index (κ1) is 18.8. The van der Waals surface area contributed by atoms with Gasteiger partial charge in [0.1, 0.15) is 6.04 Å². The monoisotopic (exact) mass is 379 g/mol. The second-order valence-electron chi connectivity index (χ2n) is 6.25. The summed E-state index contributed by atoms with van der Waals surface area (Å²) in [6, 6.07) is 16.4. The van der Waals surface area contributed by atoms with Gasteiger partial charge >= 0.3 is 0 Å². The zero-order valence-electron chi connectivity index (χ0n) is 15.0. The second kappa shape index (κ2) is 9.09. The van der Waals surface area contributed by atoms with Gasteiger partial charge in [-0.15, -0.1) is 11.3 Å². The highest BCUT2D eigenvalue weighted by Gasteiger charge is 2.25. The summed E-state index contributed by atoms with van der Waals surface area (Å²) in [6.07, 6.45) is 3.87. The minimum absolute atomic E-state index is 0.132. The summed E-state index contributed by atoms with van der Waals surface area (Å²) >= 11 is 1.36. The van der Waals surface area contributed by atoms with Gasteiger partial charge in [-0.05, 0) is 28.6 Å². The summed E-state index contributed by atoms with van der Waals surface area (Å²) in [5, 5.41) is 4.74. The molecule has 0 aliphatic rings. The maximum absolute atomic E-state index is 13.1. The van der Waals surface area contributed by atoms with Gasteiger partial charge in [0.2, 0.25) is 5.91 Å². The Balaban J connectivity index is 1.75. The molecule has 2 aromatic heterocycles. The van der Waals surface area contributed by atoms with Crippen LogP contribution in [0, 0.1) is 0 Å². The molecule has 0 fully saturated rings. The van der Waals surface area contributed by atoms with Crippen LogP contribution in [0.25, 0.3) is 0 Å². The van der Waals surface area contributed by atoms with Crippen LogP contribution in [0.4, 0.5) is 0 Å². The number of pyridine rings is 1. The van der Waals surface area contributed by atoms with Crippen molar-refractivity contribution in [2.75, 3.05) is 7.05 Å². The van der Waals surface area contributed by atoms with E-state index in [4.69, 9.17) is 0 Å². The van der Waals surface area contributed by atoms with Crippen LogP contribution in [-0.4, -0.2) is 34.8 Å². The number of carbonyl (C=O) groups is 2. The Labute approximate surface area is 162 Å². The Kier molecular flexibility index (Phi) is 6.33. The van der Waals surface area contributed by atoms with Gasteiger partial charge in [-0.25, -0.2) is 0 Å². The van der Waals surface area contributed by atoms with Crippen LogP contribution in [0.5, 0.6) is 0 Å². The van der Waals surface area contributed by atoms with E-state index in [-0.39, 0.29) is 11.8 Å². The lowest BCUT2D eigenvalue weighted by atomic mass is 10.0. The summed E-state index contributed by atoms with van der Waals surface area (Å²) in [6.45, 7) is 0.437. The molecular formula is C21H21N3O2S. The minimum Gasteiger partial charge on any atom is -0.340 e. The molecule has 0 saturated heterocycles. The van der Waals surface area contributed by atoms with Crippen molar-refractivity contribution in [2.45, 2.75) is 19.0 Å². The van der Waals surface area contributed by atoms with Gasteiger partial charge in [0.25, 0.3) is 5.91 Å². The van der Waals surface area contributed by atoms with Crippen LogP contribution in [0.15, 0.2) is 72.4 Å². The van der Waals surface area contributed by atoms with Gasteiger partial charge in [0, 0.05) is 32.4 Å². The van der Waals surface area contributed by atoms with E-state index in [1.165, 1.54) is 11.3 Å². The molecule has 27 heavy (non-hydrogen) atoms. The largest absolute Gasteiger partial charge is 0.340 e. The van der Waals surface area contributed by atoms with E-state index >= 15 is 0 Å². The van der Waals surface area contributed by atoms with Crippen molar-refractivity contribution in [3.8, 4) is 0 Å². The lowest BCUT2D eigenvalue weighted by molar-refractivity contribution is -0.132. The Hall–Kier alpha value is -2.99. The van der Waals surface area contributed by atoms with E-state index in [9.17, 15) is 9.59 Å². The van der Waals surface area contributed by atoms with Crippen molar-refractivity contribution in [3.63, 3.8) is 0 Å². The summed E-state index contributed by atoms with van der Waals surface area (Å²) < 4.78 is 0. The highest BCUT2D eigenvalue weighted by atomic mass is 32.1. The van der Waals surface area contributed by atoms with E-state index in [1.807, 2.05) is 53.9 Å². The highest BCUT2D eigenvalue weighted by molar-refractivity contribution is 7.12. The van der Waals surface area contributed by atoms with Crippen LogP contribution < -0.4 is 5.32 Å². The summed E-state index contributed by atoms with van der Waals surface area (Å²) in [5.41, 5.74) is 1.94. The Morgan fingerprint density at radius 3 is 2.52 bits per heavy atom. The van der Waals surface area contributed by atoms with Gasteiger partial charge in [-0.3, -0.25) is 14.6 Å². The average Bonchev–Trinajstić information content (AvgIpc) is 3.23. The molecule has 3 aromatic rings. The van der Waals surface area contributed by atoms with Crippen molar-refractivity contribution >= 4 is 23.2 Å². The van der Waals surface area contributed by atoms with Gasteiger partial charge in [-0.2, -0.15) is 0 Å². The van der Waals surface area contributed by atoms with Crippen LogP contribution in [0.1, 0.15) is 20.8 Å². The van der Waals surface area contributed by atoms with E-state index < -0.39 is 6.04 Å². The number of aromatic nitrogens is 1. The fourth-order valence-electron chi connectivity index (χ4n) is 2.80. The molecule has 6 heteroatoms. The zero-order valence-corrected chi connectivity index (χ0v) is 15.9. The first-order valence-electron chi connectivity index (χ1n) is 8.65. The van der Waals surface area contributed by atoms with Gasteiger partial charge in [-0.1, -0.05) is 42.5 Å². The molecule has 1 aromatic carbocycles. The second-order valence-corrected chi connectivity index (χ2v) is 7.20. The Morgan fingerprint density at radius 1 is 1.07 bits per heavy atom. The number of likely N-dealkylation sites (N-methyl/N-ethyl adjacent to an activating group) is 1. The molecule has 0 aliphatic carbocycles. The Morgan fingerprint density at radius 2 is 1.85 bits per heavy atom. The summed E-state index contributed by atoms with van der Waals surface area (Å²) in [5.74, 6) is -0.360. The lowest BCUT2D eigenvalue weighted by Crippen LogP contribution is -2.48. The predicted octanol–water partition coefficient (Wildman–Crippen LogP) is 3.14. The number of benzene rings is 1. The molecule has 5 nitrogen and oxygen atoms in total. The molecule has 1 unspecified atom stereocenters. The third kappa shape index (κ3) is 5.24. The number of nitrogens with one attached hydrogen (secondary N) is 1. The maximum atomic E-state index is 13.1. The molecule has 2 heterocycles. The van der Waals surface area contributed by atoms with Crippen LogP contribution in [0.3, 0.4) is 0 Å². The quantitative estimate of drug-likeness (QED) is 0.686. The van der Waals surface area contributed by atoms with E-state index in [0.717, 1.165) is 11.1 Å². The molecular weight excluding hydrogens is 358 g/mol. The molecule has 0 spiro atoms. The van der Waals surface area contributed by atoms with E-state index in [2.05, 4.69) is 10.3 Å². The van der Waals surface area contributed by atoms with Crippen molar-refractivity contribution < 1.29 is 9.59 Å². The standard InChI is InChI=1S/C21H21N3O2S/c1-24(15-17-9-5-11-22-14-17)21(26)18(13-16-7-3-2-4-8-16)23-20(25)19-10-6-12-27-19/h2-12,14,18H,13,15H2,1H3,(H,23,25).